The number of anilines is 1. The van der Waals surface area contributed by atoms with E-state index in [-0.39, 0.29) is 23.6 Å². The fourth-order valence-corrected chi connectivity index (χ4v) is 2.44. The van der Waals surface area contributed by atoms with Gasteiger partial charge in [-0.15, -0.1) is 0 Å². The molecule has 1 aromatic rings. The summed E-state index contributed by atoms with van der Waals surface area (Å²) in [6.07, 6.45) is 0.945. The number of nitrogens with one attached hydrogen (secondary N) is 2. The number of phenolic OH excluding ortho intramolecular Hbond substituents is 2. The van der Waals surface area contributed by atoms with Crippen LogP contribution in [0.1, 0.15) is 19.8 Å². The SMILES string of the molecule is CCOC(=O)N1CCC(NC(=O)Nc2cc(O)cc(O)c2)CC1. The summed E-state index contributed by atoms with van der Waals surface area (Å²) in [5.41, 5.74) is 0.295. The first-order chi connectivity index (χ1) is 11.0. The number of likely N-dealkylation sites (tertiary alicyclic amines) is 1. The van der Waals surface area contributed by atoms with Crippen molar-refractivity contribution in [2.24, 2.45) is 0 Å². The Morgan fingerprint density at radius 3 is 2.39 bits per heavy atom. The molecule has 4 N–H and O–H groups in total. The van der Waals surface area contributed by atoms with Gasteiger partial charge in [0.25, 0.3) is 0 Å². The van der Waals surface area contributed by atoms with Crippen molar-refractivity contribution in [2.45, 2.75) is 25.8 Å². The number of hydrogen-bond donors (Lipinski definition) is 4. The van der Waals surface area contributed by atoms with Crippen LogP contribution >= 0.6 is 0 Å². The van der Waals surface area contributed by atoms with Gasteiger partial charge in [-0.05, 0) is 19.8 Å². The number of amides is 3. The number of piperidine rings is 1. The summed E-state index contributed by atoms with van der Waals surface area (Å²) in [6, 6.07) is 3.37. The Bertz CT molecular complexity index is 550. The van der Waals surface area contributed by atoms with Gasteiger partial charge in [0.2, 0.25) is 0 Å². The molecule has 0 aliphatic carbocycles. The van der Waals surface area contributed by atoms with Crippen molar-refractivity contribution in [3.05, 3.63) is 18.2 Å². The molecule has 0 spiro atoms. The molecule has 0 saturated carbocycles. The quantitative estimate of drug-likeness (QED) is 0.678. The zero-order chi connectivity index (χ0) is 16.8. The van der Waals surface area contributed by atoms with Gasteiger partial charge in [0.05, 0.1) is 6.61 Å². The first kappa shape index (κ1) is 16.7. The number of rotatable bonds is 3. The van der Waals surface area contributed by atoms with Crippen LogP contribution in [-0.4, -0.2) is 53.0 Å². The Morgan fingerprint density at radius 1 is 1.22 bits per heavy atom. The molecule has 23 heavy (non-hydrogen) atoms. The Balaban J connectivity index is 1.79. The average molecular weight is 323 g/mol. The number of urea groups is 1. The van der Waals surface area contributed by atoms with Crippen LogP contribution in [0.4, 0.5) is 15.3 Å². The largest absolute Gasteiger partial charge is 0.508 e. The van der Waals surface area contributed by atoms with E-state index in [2.05, 4.69) is 10.6 Å². The molecular weight excluding hydrogens is 302 g/mol. The number of carbonyl (C=O) groups is 2. The van der Waals surface area contributed by atoms with Crippen molar-refractivity contribution in [1.29, 1.82) is 0 Å². The lowest BCUT2D eigenvalue weighted by Crippen LogP contribution is -2.47. The highest BCUT2D eigenvalue weighted by molar-refractivity contribution is 5.90. The molecule has 8 nitrogen and oxygen atoms in total. The third-order valence-electron chi connectivity index (χ3n) is 3.52. The summed E-state index contributed by atoms with van der Waals surface area (Å²) in [7, 11) is 0. The van der Waals surface area contributed by atoms with Gasteiger partial charge in [-0.2, -0.15) is 0 Å². The molecule has 1 fully saturated rings. The summed E-state index contributed by atoms with van der Waals surface area (Å²) in [4.78, 5) is 25.1. The molecule has 1 aliphatic rings. The van der Waals surface area contributed by atoms with Crippen LogP contribution in [0.15, 0.2) is 18.2 Å². The molecule has 1 heterocycles. The van der Waals surface area contributed by atoms with Crippen molar-refractivity contribution in [2.75, 3.05) is 25.0 Å². The van der Waals surface area contributed by atoms with E-state index in [0.717, 1.165) is 0 Å². The second-order valence-electron chi connectivity index (χ2n) is 5.30. The minimum atomic E-state index is -0.426. The normalized spacial score (nSPS) is 15.1. The number of aromatic hydroxyl groups is 2. The van der Waals surface area contributed by atoms with Gasteiger partial charge in [0.1, 0.15) is 11.5 Å². The molecular formula is C15H21N3O5. The highest BCUT2D eigenvalue weighted by Crippen LogP contribution is 2.23. The van der Waals surface area contributed by atoms with E-state index >= 15 is 0 Å². The molecule has 0 aromatic heterocycles. The van der Waals surface area contributed by atoms with Gasteiger partial charge in [-0.25, -0.2) is 9.59 Å². The molecule has 0 unspecified atom stereocenters. The minimum absolute atomic E-state index is 0.0495. The molecule has 3 amide bonds. The summed E-state index contributed by atoms with van der Waals surface area (Å²) in [5, 5.41) is 24.1. The number of ether oxygens (including phenoxy) is 1. The standard InChI is InChI=1S/C15H21N3O5/c1-2-23-15(22)18-5-3-10(4-6-18)16-14(21)17-11-7-12(19)9-13(20)8-11/h7-10,19-20H,2-6H2,1H3,(H2,16,17,21). The van der Waals surface area contributed by atoms with E-state index in [1.54, 1.807) is 11.8 Å². The molecule has 2 rings (SSSR count). The van der Waals surface area contributed by atoms with Crippen molar-refractivity contribution >= 4 is 17.8 Å². The summed E-state index contributed by atoms with van der Waals surface area (Å²) in [5.74, 6) is -0.272. The number of hydrogen-bond acceptors (Lipinski definition) is 5. The van der Waals surface area contributed by atoms with Crippen LogP contribution in [0.3, 0.4) is 0 Å². The highest BCUT2D eigenvalue weighted by atomic mass is 16.6. The molecule has 0 radical (unpaired) electrons. The summed E-state index contributed by atoms with van der Waals surface area (Å²) < 4.78 is 4.94. The number of carbonyl (C=O) groups excluding carboxylic acids is 2. The Morgan fingerprint density at radius 2 is 1.83 bits per heavy atom. The van der Waals surface area contributed by atoms with Crippen LogP contribution in [0, 0.1) is 0 Å². The van der Waals surface area contributed by atoms with Gasteiger partial charge in [-0.1, -0.05) is 0 Å². The van der Waals surface area contributed by atoms with Crippen LogP contribution in [0.25, 0.3) is 0 Å². The maximum absolute atomic E-state index is 11.9. The summed E-state index contributed by atoms with van der Waals surface area (Å²) in [6.45, 7) is 3.15. The Labute approximate surface area is 134 Å². The molecule has 1 aliphatic heterocycles. The van der Waals surface area contributed by atoms with Crippen LogP contribution < -0.4 is 10.6 Å². The first-order valence-corrected chi connectivity index (χ1v) is 7.50. The van der Waals surface area contributed by atoms with Crippen LogP contribution in [0.2, 0.25) is 0 Å². The lowest BCUT2D eigenvalue weighted by Gasteiger charge is -2.31. The number of phenols is 2. The Hall–Kier alpha value is -2.64. The monoisotopic (exact) mass is 323 g/mol. The van der Waals surface area contributed by atoms with E-state index < -0.39 is 6.03 Å². The molecule has 0 atom stereocenters. The molecule has 1 saturated heterocycles. The second-order valence-corrected chi connectivity index (χ2v) is 5.30. The smallest absolute Gasteiger partial charge is 0.409 e. The number of benzene rings is 1. The second kappa shape index (κ2) is 7.57. The zero-order valence-corrected chi connectivity index (χ0v) is 12.9. The lowest BCUT2D eigenvalue weighted by molar-refractivity contribution is 0.0959. The summed E-state index contributed by atoms with van der Waals surface area (Å²) >= 11 is 0. The lowest BCUT2D eigenvalue weighted by atomic mass is 10.1. The van der Waals surface area contributed by atoms with Crippen molar-refractivity contribution in [1.82, 2.24) is 10.2 Å². The van der Waals surface area contributed by atoms with Crippen molar-refractivity contribution < 1.29 is 24.5 Å². The maximum atomic E-state index is 11.9. The zero-order valence-electron chi connectivity index (χ0n) is 12.9. The van der Waals surface area contributed by atoms with Gasteiger partial charge < -0.3 is 30.5 Å². The maximum Gasteiger partial charge on any atom is 0.409 e. The molecule has 126 valence electrons. The average Bonchev–Trinajstić information content (AvgIpc) is 2.47. The van der Waals surface area contributed by atoms with E-state index in [0.29, 0.717) is 38.2 Å². The van der Waals surface area contributed by atoms with Gasteiger partial charge in [0.15, 0.2) is 0 Å². The van der Waals surface area contributed by atoms with E-state index in [4.69, 9.17) is 4.74 Å². The third kappa shape index (κ3) is 4.94. The predicted octanol–water partition coefficient (Wildman–Crippen LogP) is 1.84. The number of nitrogens with zero attached hydrogens (tertiary/aromatic N) is 1. The Kier molecular flexibility index (Phi) is 5.51. The molecule has 0 bridgehead atoms. The van der Waals surface area contributed by atoms with Gasteiger partial charge in [-0.3, -0.25) is 0 Å². The van der Waals surface area contributed by atoms with Crippen molar-refractivity contribution in [3.63, 3.8) is 0 Å². The van der Waals surface area contributed by atoms with Crippen LogP contribution in [0.5, 0.6) is 11.5 Å². The van der Waals surface area contributed by atoms with E-state index in [9.17, 15) is 19.8 Å². The van der Waals surface area contributed by atoms with E-state index in [1.165, 1.54) is 18.2 Å². The molecule has 8 heteroatoms. The van der Waals surface area contributed by atoms with Crippen LogP contribution in [-0.2, 0) is 4.74 Å². The van der Waals surface area contributed by atoms with E-state index in [1.807, 2.05) is 0 Å². The topological polar surface area (TPSA) is 111 Å². The fraction of sp³-hybridized carbons (Fsp3) is 0.467. The van der Waals surface area contributed by atoms with Gasteiger partial charge in [0, 0.05) is 43.0 Å². The minimum Gasteiger partial charge on any atom is -0.508 e. The van der Waals surface area contributed by atoms with Crippen molar-refractivity contribution in [3.8, 4) is 11.5 Å². The molecule has 1 aromatic carbocycles. The highest BCUT2D eigenvalue weighted by Gasteiger charge is 2.24. The third-order valence-corrected chi connectivity index (χ3v) is 3.52. The van der Waals surface area contributed by atoms with Gasteiger partial charge >= 0.3 is 12.1 Å². The fourth-order valence-electron chi connectivity index (χ4n) is 2.44. The first-order valence-electron chi connectivity index (χ1n) is 7.50. The predicted molar refractivity (Wildman–Crippen MR) is 83.5 cm³/mol.